The topological polar surface area (TPSA) is 9.23 Å². The van der Waals surface area contributed by atoms with Gasteiger partial charge in [-0.3, -0.25) is 0 Å². The van der Waals surface area contributed by atoms with E-state index in [0.29, 0.717) is 6.10 Å². The highest BCUT2D eigenvalue weighted by atomic mass is 16.5. The molecule has 132 valence electrons. The molecule has 0 radical (unpaired) electrons. The van der Waals surface area contributed by atoms with Gasteiger partial charge in [-0.05, 0) is 33.1 Å². The lowest BCUT2D eigenvalue weighted by Gasteiger charge is -2.08. The number of rotatable bonds is 17. The molecule has 1 nitrogen and oxygen atoms in total. The lowest BCUT2D eigenvalue weighted by molar-refractivity contribution is 0.108. The Kier molecular flexibility index (Phi) is 18.5. The average molecular weight is 311 g/mol. The number of hydrogen-bond donors (Lipinski definition) is 0. The molecule has 1 atom stereocenters. The van der Waals surface area contributed by atoms with Gasteiger partial charge in [0, 0.05) is 7.11 Å². The van der Waals surface area contributed by atoms with Crippen LogP contribution in [-0.4, -0.2) is 13.2 Å². The molecule has 0 rings (SSSR count). The van der Waals surface area contributed by atoms with Gasteiger partial charge < -0.3 is 4.74 Å². The first kappa shape index (κ1) is 21.7. The highest BCUT2D eigenvalue weighted by molar-refractivity contribution is 4.76. The standard InChI is InChI=1S/C21H42O/c1-4-5-6-7-8-9-10-11-12-13-14-15-16-17-18-19-20-21(2)22-3/h4-5,21H,6-20H2,1-3H3. The molecule has 0 bridgehead atoms. The molecule has 22 heavy (non-hydrogen) atoms. The van der Waals surface area contributed by atoms with Crippen LogP contribution in [0.4, 0.5) is 0 Å². The Morgan fingerprint density at radius 1 is 0.682 bits per heavy atom. The Hall–Kier alpha value is -0.300. The number of hydrogen-bond acceptors (Lipinski definition) is 1. The molecule has 0 aliphatic carbocycles. The van der Waals surface area contributed by atoms with Crippen molar-refractivity contribution in [2.24, 2.45) is 0 Å². The van der Waals surface area contributed by atoms with Crippen molar-refractivity contribution in [2.75, 3.05) is 7.11 Å². The molecular weight excluding hydrogens is 268 g/mol. The van der Waals surface area contributed by atoms with E-state index in [1.165, 1.54) is 96.3 Å². The zero-order chi connectivity index (χ0) is 16.3. The SMILES string of the molecule is CC=CCCCCCCCCCCCCCCCC(C)OC. The van der Waals surface area contributed by atoms with Gasteiger partial charge in [-0.2, -0.15) is 0 Å². The lowest BCUT2D eigenvalue weighted by atomic mass is 10.0. The van der Waals surface area contributed by atoms with Crippen molar-refractivity contribution in [3.05, 3.63) is 12.2 Å². The van der Waals surface area contributed by atoms with E-state index in [2.05, 4.69) is 26.0 Å². The lowest BCUT2D eigenvalue weighted by Crippen LogP contribution is -2.03. The normalized spacial score (nSPS) is 13.0. The predicted molar refractivity (Wildman–Crippen MR) is 101 cm³/mol. The first-order valence-corrected chi connectivity index (χ1v) is 9.95. The first-order valence-electron chi connectivity index (χ1n) is 9.95. The summed E-state index contributed by atoms with van der Waals surface area (Å²) in [6, 6.07) is 0. The zero-order valence-electron chi connectivity index (χ0n) is 15.7. The van der Waals surface area contributed by atoms with Crippen molar-refractivity contribution in [2.45, 2.75) is 116 Å². The largest absolute Gasteiger partial charge is 0.382 e. The van der Waals surface area contributed by atoms with E-state index in [4.69, 9.17) is 4.74 Å². The fraction of sp³-hybridized carbons (Fsp3) is 0.905. The summed E-state index contributed by atoms with van der Waals surface area (Å²) in [6.07, 6.45) is 26.0. The summed E-state index contributed by atoms with van der Waals surface area (Å²) < 4.78 is 5.27. The van der Waals surface area contributed by atoms with E-state index in [1.54, 1.807) is 0 Å². The minimum absolute atomic E-state index is 0.447. The van der Waals surface area contributed by atoms with Crippen molar-refractivity contribution in [1.29, 1.82) is 0 Å². The van der Waals surface area contributed by atoms with Crippen molar-refractivity contribution in [3.63, 3.8) is 0 Å². The van der Waals surface area contributed by atoms with Crippen molar-refractivity contribution in [1.82, 2.24) is 0 Å². The third-order valence-corrected chi connectivity index (χ3v) is 4.62. The van der Waals surface area contributed by atoms with Crippen LogP contribution < -0.4 is 0 Å². The molecule has 0 aliphatic rings. The number of ether oxygens (including phenoxy) is 1. The van der Waals surface area contributed by atoms with Crippen molar-refractivity contribution >= 4 is 0 Å². The van der Waals surface area contributed by atoms with E-state index in [0.717, 1.165) is 0 Å². The van der Waals surface area contributed by atoms with Crippen molar-refractivity contribution < 1.29 is 4.74 Å². The van der Waals surface area contributed by atoms with Gasteiger partial charge in [-0.15, -0.1) is 0 Å². The molecule has 0 saturated heterocycles. The third kappa shape index (κ3) is 17.8. The van der Waals surface area contributed by atoms with Gasteiger partial charge >= 0.3 is 0 Å². The highest BCUT2D eigenvalue weighted by Crippen LogP contribution is 2.14. The molecule has 0 aromatic carbocycles. The van der Waals surface area contributed by atoms with Gasteiger partial charge in [-0.1, -0.05) is 89.2 Å². The molecule has 0 fully saturated rings. The van der Waals surface area contributed by atoms with E-state index in [9.17, 15) is 0 Å². The van der Waals surface area contributed by atoms with Crippen LogP contribution in [0, 0.1) is 0 Å². The second-order valence-electron chi connectivity index (χ2n) is 6.79. The van der Waals surface area contributed by atoms with Crippen LogP contribution in [0.1, 0.15) is 110 Å². The van der Waals surface area contributed by atoms with E-state index in [-0.39, 0.29) is 0 Å². The summed E-state index contributed by atoms with van der Waals surface area (Å²) in [5.41, 5.74) is 0. The fourth-order valence-corrected chi connectivity index (χ4v) is 2.92. The summed E-state index contributed by atoms with van der Waals surface area (Å²) >= 11 is 0. The summed E-state index contributed by atoms with van der Waals surface area (Å²) in [5.74, 6) is 0. The first-order chi connectivity index (χ1) is 10.8. The average Bonchev–Trinajstić information content (AvgIpc) is 2.54. The Balaban J connectivity index is 3.00. The summed E-state index contributed by atoms with van der Waals surface area (Å²) in [6.45, 7) is 4.28. The summed E-state index contributed by atoms with van der Waals surface area (Å²) in [7, 11) is 1.81. The van der Waals surface area contributed by atoms with Crippen LogP contribution in [0.2, 0.25) is 0 Å². The second kappa shape index (κ2) is 18.7. The number of unbranched alkanes of at least 4 members (excludes halogenated alkanes) is 13. The summed E-state index contributed by atoms with van der Waals surface area (Å²) in [4.78, 5) is 0. The van der Waals surface area contributed by atoms with Gasteiger partial charge in [0.05, 0.1) is 6.10 Å². The zero-order valence-corrected chi connectivity index (χ0v) is 15.7. The molecule has 0 N–H and O–H groups in total. The van der Waals surface area contributed by atoms with Gasteiger partial charge in [-0.25, -0.2) is 0 Å². The molecule has 0 spiro atoms. The van der Waals surface area contributed by atoms with Gasteiger partial charge in [0.2, 0.25) is 0 Å². The number of methoxy groups -OCH3 is 1. The van der Waals surface area contributed by atoms with E-state index in [1.807, 2.05) is 7.11 Å². The molecule has 1 unspecified atom stereocenters. The second-order valence-corrected chi connectivity index (χ2v) is 6.79. The molecule has 0 saturated carbocycles. The van der Waals surface area contributed by atoms with Crippen LogP contribution in [-0.2, 0) is 4.74 Å². The molecule has 0 aliphatic heterocycles. The Labute approximate surface area is 140 Å². The molecule has 1 heteroatoms. The maximum Gasteiger partial charge on any atom is 0.0543 e. The van der Waals surface area contributed by atoms with Crippen LogP contribution in [0.15, 0.2) is 12.2 Å². The fourth-order valence-electron chi connectivity index (χ4n) is 2.92. The summed E-state index contributed by atoms with van der Waals surface area (Å²) in [5, 5.41) is 0. The highest BCUT2D eigenvalue weighted by Gasteiger charge is 1.98. The molecule has 0 amide bonds. The van der Waals surface area contributed by atoms with Crippen molar-refractivity contribution in [3.8, 4) is 0 Å². The molecule has 0 aromatic heterocycles. The molecule has 0 aromatic rings. The Bertz CT molecular complexity index is 222. The molecule has 0 heterocycles. The van der Waals surface area contributed by atoms with Gasteiger partial charge in [0.25, 0.3) is 0 Å². The van der Waals surface area contributed by atoms with Gasteiger partial charge in [0.1, 0.15) is 0 Å². The minimum atomic E-state index is 0.447. The van der Waals surface area contributed by atoms with Crippen LogP contribution >= 0.6 is 0 Å². The van der Waals surface area contributed by atoms with E-state index >= 15 is 0 Å². The maximum atomic E-state index is 5.27. The predicted octanol–water partition coefficient (Wildman–Crippen LogP) is 7.45. The molecular formula is C21H42O. The third-order valence-electron chi connectivity index (χ3n) is 4.62. The van der Waals surface area contributed by atoms with Crippen LogP contribution in [0.3, 0.4) is 0 Å². The van der Waals surface area contributed by atoms with Crippen LogP contribution in [0.5, 0.6) is 0 Å². The van der Waals surface area contributed by atoms with Crippen LogP contribution in [0.25, 0.3) is 0 Å². The van der Waals surface area contributed by atoms with Gasteiger partial charge in [0.15, 0.2) is 0 Å². The Morgan fingerprint density at radius 2 is 1.09 bits per heavy atom. The quantitative estimate of drug-likeness (QED) is 0.200. The monoisotopic (exact) mass is 310 g/mol. The Morgan fingerprint density at radius 3 is 1.50 bits per heavy atom. The smallest absolute Gasteiger partial charge is 0.0543 e. The number of allylic oxidation sites excluding steroid dienone is 2. The minimum Gasteiger partial charge on any atom is -0.382 e. The maximum absolute atomic E-state index is 5.27. The van der Waals surface area contributed by atoms with E-state index < -0.39 is 0 Å².